The van der Waals surface area contributed by atoms with Crippen molar-refractivity contribution >= 4 is 21.5 Å². The summed E-state index contributed by atoms with van der Waals surface area (Å²) in [7, 11) is 4.00. The summed E-state index contributed by atoms with van der Waals surface area (Å²) in [6, 6.07) is 123. The number of fused-ring (bicyclic) bond motifs is 2. The summed E-state index contributed by atoms with van der Waals surface area (Å²) in [5, 5.41) is 145. The van der Waals surface area contributed by atoms with Crippen LogP contribution in [0.3, 0.4) is 0 Å². The van der Waals surface area contributed by atoms with Gasteiger partial charge in [-0.1, -0.05) is 294 Å². The van der Waals surface area contributed by atoms with E-state index in [0.717, 1.165) is 106 Å². The highest BCUT2D eigenvalue weighted by molar-refractivity contribution is 5.89. The van der Waals surface area contributed by atoms with Crippen LogP contribution < -0.4 is 0 Å². The van der Waals surface area contributed by atoms with Crippen LogP contribution in [0, 0.1) is 0 Å². The Bertz CT molecular complexity index is 5950. The number of aromatic hydroxyl groups is 12. The van der Waals surface area contributed by atoms with Crippen LogP contribution in [0.1, 0.15) is 131 Å². The summed E-state index contributed by atoms with van der Waals surface area (Å²) >= 11 is 0. The van der Waals surface area contributed by atoms with Gasteiger partial charge in [-0.2, -0.15) is 13.2 Å². The van der Waals surface area contributed by atoms with Gasteiger partial charge in [-0.25, -0.2) is 0 Å². The fourth-order valence-corrected chi connectivity index (χ4v) is 15.9. The summed E-state index contributed by atoms with van der Waals surface area (Å²) in [5.74, 6) is 2.66. The minimum Gasteiger partial charge on any atom is -0.508 e. The standard InChI is InChI=1S/C21H16.C19H16O2.C18H20O2.C15H13F3O2.C15H16O2.C13H12O2.C12H10O2.4CH4O/c1-3-13-20-16(7-1)9-5-11-18(20)15-19-12-6-10-17-8-2-4-14-21(17)19;20-17-10-6-15(7-11-17)19(14-4-2-1-3-5-14)16-8-12-18(21)13-9-16;19-16-8-4-14(5-9-16)18(12-2-1-3-13-18)15-6-10-17(20)11-7-15;1-14(15(16,17)18,10-2-6-12(19)7-3-10)11-4-8-13(20)9-5-11;1-15(2,11-3-7-13(16)8-4-11)12-5-9-14(17)10-6-12;14-12-5-1-10(2-6-12)9-11-3-7-13(15)8-4-11;13-11-5-1-9(2-6-11)10-3-7-12(14)8-4-10;4*1-2/h1-14H,15H2;1-13,19-21H;4-11,19-20H,1-3,12-13H2;2-9,19-20H,1H3;3-10,16-17H,1-2H3;1-8,14-15H,9H2;1-8,13-14H;4*2H,1H3. The first-order valence-electron chi connectivity index (χ1n) is 43.9. The quantitative estimate of drug-likeness (QED) is 0.0450. The molecule has 0 spiro atoms. The molecule has 16 nitrogen and oxygen atoms in total. The van der Waals surface area contributed by atoms with E-state index in [2.05, 4.69) is 111 Å². The molecule has 704 valence electrons. The molecule has 0 amide bonds. The first-order chi connectivity index (χ1) is 65.6. The minimum atomic E-state index is -4.51. The number of hydrogen-bond donors (Lipinski definition) is 16. The molecule has 1 fully saturated rings. The number of rotatable bonds is 14. The molecule has 0 radical (unpaired) electrons. The maximum atomic E-state index is 13.6. The first-order valence-corrected chi connectivity index (χ1v) is 43.9. The van der Waals surface area contributed by atoms with Gasteiger partial charge < -0.3 is 81.7 Å². The molecule has 17 aromatic rings. The lowest BCUT2D eigenvalue weighted by Gasteiger charge is -2.38. The van der Waals surface area contributed by atoms with E-state index in [1.165, 1.54) is 117 Å². The third-order valence-electron chi connectivity index (χ3n) is 23.3. The molecule has 136 heavy (non-hydrogen) atoms. The molecule has 0 atom stereocenters. The molecule has 0 saturated heterocycles. The Hall–Kier alpha value is -15.5. The number of phenolic OH excluding ortho intramolecular Hbond substituents is 12. The van der Waals surface area contributed by atoms with Crippen molar-refractivity contribution in [3.05, 3.63) is 479 Å². The van der Waals surface area contributed by atoms with Crippen molar-refractivity contribution in [2.75, 3.05) is 28.4 Å². The van der Waals surface area contributed by atoms with Crippen LogP contribution >= 0.6 is 0 Å². The average Bonchev–Trinajstić information content (AvgIpc) is 0.744. The molecule has 18 rings (SSSR count). The lowest BCUT2D eigenvalue weighted by Crippen LogP contribution is -2.40. The number of alkyl halides is 3. The number of benzene rings is 17. The summed E-state index contributed by atoms with van der Waals surface area (Å²) < 4.78 is 40.7. The second-order valence-corrected chi connectivity index (χ2v) is 32.3. The van der Waals surface area contributed by atoms with Crippen molar-refractivity contribution in [1.29, 1.82) is 0 Å². The predicted octanol–water partition coefficient (Wildman–Crippen LogP) is 25.5. The number of halogens is 3. The predicted molar refractivity (Wildman–Crippen MR) is 538 cm³/mol. The highest BCUT2D eigenvalue weighted by Crippen LogP contribution is 2.48. The monoisotopic (exact) mass is 1840 g/mol. The van der Waals surface area contributed by atoms with E-state index in [0.29, 0.717) is 11.5 Å². The van der Waals surface area contributed by atoms with Crippen LogP contribution in [0.15, 0.2) is 406 Å². The summed E-state index contributed by atoms with van der Waals surface area (Å²) in [6.45, 7) is 5.31. The Labute approximate surface area is 793 Å². The molecule has 0 unspecified atom stereocenters. The molecular weight excluding hydrogens is 1720 g/mol. The number of phenols is 12. The fraction of sp³-hybridized carbons (Fsp3) is 0.162. The lowest BCUT2D eigenvalue weighted by molar-refractivity contribution is -0.173. The molecule has 0 heterocycles. The van der Waals surface area contributed by atoms with Gasteiger partial charge in [0.1, 0.15) is 74.4 Å². The van der Waals surface area contributed by atoms with Crippen molar-refractivity contribution in [3.8, 4) is 80.1 Å². The fourth-order valence-electron chi connectivity index (χ4n) is 15.9. The van der Waals surface area contributed by atoms with Gasteiger partial charge in [0.15, 0.2) is 0 Å². The number of aliphatic hydroxyl groups is 4. The lowest BCUT2D eigenvalue weighted by atomic mass is 9.65. The van der Waals surface area contributed by atoms with Crippen molar-refractivity contribution in [2.24, 2.45) is 0 Å². The van der Waals surface area contributed by atoms with Crippen LogP contribution in [0.5, 0.6) is 69.0 Å². The van der Waals surface area contributed by atoms with E-state index < -0.39 is 11.6 Å². The van der Waals surface area contributed by atoms with Crippen molar-refractivity contribution in [3.63, 3.8) is 0 Å². The first kappa shape index (κ1) is 106. The van der Waals surface area contributed by atoms with Crippen LogP contribution in [-0.2, 0) is 29.1 Å². The van der Waals surface area contributed by atoms with Crippen LogP contribution in [0.4, 0.5) is 13.2 Å². The van der Waals surface area contributed by atoms with E-state index in [4.69, 9.17) is 40.9 Å². The molecule has 1 aliphatic rings. The molecule has 1 saturated carbocycles. The van der Waals surface area contributed by atoms with Gasteiger partial charge in [0, 0.05) is 45.2 Å². The van der Waals surface area contributed by atoms with Crippen molar-refractivity contribution in [1.82, 2.24) is 0 Å². The average molecular weight is 1840 g/mol. The van der Waals surface area contributed by atoms with Crippen LogP contribution in [0.25, 0.3) is 32.7 Å². The zero-order valence-electron chi connectivity index (χ0n) is 77.0. The molecular formula is C117H119F3O16. The van der Waals surface area contributed by atoms with E-state index >= 15 is 0 Å². The highest BCUT2D eigenvalue weighted by atomic mass is 19.4. The normalized spacial score (nSPS) is 11.6. The highest BCUT2D eigenvalue weighted by Gasteiger charge is 2.53. The molecule has 16 N–H and O–H groups in total. The SMILES string of the molecule is CC(C)(c1ccc(O)cc1)c1ccc(O)cc1.CC(c1ccc(O)cc1)(c1ccc(O)cc1)C(F)(F)F.CO.CO.CO.CO.Oc1ccc(-c2ccc(O)cc2)cc1.Oc1ccc(C(c2ccccc2)c2ccc(O)cc2)cc1.Oc1ccc(C2(c3ccc(O)cc3)CCCCC2)cc1.Oc1ccc(Cc2ccc(O)cc2)cc1.c1ccc2c(Cc3cccc4ccccc34)cccc2c1. The van der Waals surface area contributed by atoms with Gasteiger partial charge in [0.05, 0.1) is 0 Å². The Morgan fingerprint density at radius 2 is 0.485 bits per heavy atom. The molecule has 17 aromatic carbocycles. The van der Waals surface area contributed by atoms with Gasteiger partial charge >= 0.3 is 6.18 Å². The van der Waals surface area contributed by atoms with Gasteiger partial charge in [-0.05, 0) is 283 Å². The zero-order chi connectivity index (χ0) is 98.8. The minimum absolute atomic E-state index is 0.0217. The van der Waals surface area contributed by atoms with Gasteiger partial charge in [0.25, 0.3) is 0 Å². The summed E-state index contributed by atoms with van der Waals surface area (Å²) in [6.07, 6.45) is 3.26. The smallest absolute Gasteiger partial charge is 0.402 e. The zero-order valence-corrected chi connectivity index (χ0v) is 77.0. The Morgan fingerprint density at radius 1 is 0.243 bits per heavy atom. The summed E-state index contributed by atoms with van der Waals surface area (Å²) in [4.78, 5) is 0. The third kappa shape index (κ3) is 30.0. The molecule has 0 aromatic heterocycles. The van der Waals surface area contributed by atoms with E-state index in [-0.39, 0.29) is 85.4 Å². The molecule has 19 heteroatoms. The Kier molecular flexibility index (Phi) is 41.0. The third-order valence-corrected chi connectivity index (χ3v) is 23.3. The largest absolute Gasteiger partial charge is 0.508 e. The van der Waals surface area contributed by atoms with Crippen LogP contribution in [0.2, 0.25) is 0 Å². The maximum absolute atomic E-state index is 13.6. The second-order valence-electron chi connectivity index (χ2n) is 32.3. The Morgan fingerprint density at radius 3 is 0.787 bits per heavy atom. The van der Waals surface area contributed by atoms with Gasteiger partial charge in [-0.3, -0.25) is 0 Å². The van der Waals surface area contributed by atoms with Gasteiger partial charge in [-0.15, -0.1) is 0 Å². The van der Waals surface area contributed by atoms with E-state index in [1.54, 1.807) is 121 Å². The molecule has 0 bridgehead atoms. The van der Waals surface area contributed by atoms with E-state index in [9.17, 15) is 54.0 Å². The summed E-state index contributed by atoms with van der Waals surface area (Å²) in [5.41, 5.74) is 13.0. The van der Waals surface area contributed by atoms with Gasteiger partial charge in [0.2, 0.25) is 0 Å². The van der Waals surface area contributed by atoms with Crippen molar-refractivity contribution < 1.29 is 94.9 Å². The molecule has 1 aliphatic carbocycles. The Balaban J connectivity index is 0.000000193. The number of hydrogen-bond acceptors (Lipinski definition) is 16. The topological polar surface area (TPSA) is 324 Å². The molecule has 0 aliphatic heterocycles. The van der Waals surface area contributed by atoms with Crippen LogP contribution in [-0.4, -0.2) is 116 Å². The van der Waals surface area contributed by atoms with E-state index in [1.807, 2.05) is 140 Å². The van der Waals surface area contributed by atoms with Crippen molar-refractivity contribution in [2.45, 2.75) is 94.1 Å². The second kappa shape index (κ2) is 52.7. The number of aliphatic hydroxyl groups excluding tert-OH is 4. The maximum Gasteiger partial charge on any atom is 0.402 e.